The smallest absolute Gasteiger partial charge is 0.243 e. The molecule has 11 nitrogen and oxygen atoms in total. The van der Waals surface area contributed by atoms with Gasteiger partial charge in [-0.1, -0.05) is 193 Å². The number of hydrogen-bond donors (Lipinski definition) is 2. The van der Waals surface area contributed by atoms with Crippen LogP contribution in [-0.4, -0.2) is 124 Å². The van der Waals surface area contributed by atoms with Gasteiger partial charge in [-0.2, -0.15) is 0 Å². The number of unbranched alkanes of at least 4 members (excludes halogenated alkanes) is 18. The number of carbonyl (C=O) groups excluding carboxylic acids is 4. The second-order valence-electron chi connectivity index (χ2n) is 21.5. The number of amides is 4. The molecule has 442 valence electrons. The Hall–Kier alpha value is -3.28. The standard InChI is InChI=1S/C65H121N5O6/c1-10-16-20-22-24-26-28-30-32-34-36-38-40-42-44-48-60(71)69(54-56-75-8)62(58(14-5)46-18-12-3)64(73)66-50-52-68(7)53-51-67-65(74)63(59(15-6)47-19-13-4)70(55-57-76-9)61(72)49-45-43-41-39-37-35-33-31-29-27-25-23-21-17-11-2/h24-27,30-33,58-59,62-63H,10-23,28-29,34-57H2,1-9H3,(H,66,73)(H,67,74)/b26-24-,27-25-,32-30-,33-31-. The van der Waals surface area contributed by atoms with Crippen molar-refractivity contribution in [3.8, 4) is 0 Å². The highest BCUT2D eigenvalue weighted by molar-refractivity contribution is 5.88. The van der Waals surface area contributed by atoms with Crippen LogP contribution >= 0.6 is 0 Å². The van der Waals surface area contributed by atoms with E-state index in [-0.39, 0.29) is 35.5 Å². The Kier molecular flexibility index (Phi) is 51.4. The maximum Gasteiger partial charge on any atom is 0.243 e. The molecule has 4 atom stereocenters. The van der Waals surface area contributed by atoms with Crippen molar-refractivity contribution in [3.05, 3.63) is 48.6 Å². The van der Waals surface area contributed by atoms with Crippen molar-refractivity contribution in [2.24, 2.45) is 11.8 Å². The monoisotopic (exact) mass is 1070 g/mol. The fourth-order valence-electron chi connectivity index (χ4n) is 10.1. The highest BCUT2D eigenvalue weighted by Crippen LogP contribution is 2.25. The molecule has 0 aromatic carbocycles. The summed E-state index contributed by atoms with van der Waals surface area (Å²) in [5.41, 5.74) is 0. The molecular weight excluding hydrogens is 947 g/mol. The zero-order valence-corrected chi connectivity index (χ0v) is 51.0. The summed E-state index contributed by atoms with van der Waals surface area (Å²) >= 11 is 0. The first-order valence-electron chi connectivity index (χ1n) is 31.5. The lowest BCUT2D eigenvalue weighted by Gasteiger charge is -2.36. The fourth-order valence-corrected chi connectivity index (χ4v) is 10.1. The van der Waals surface area contributed by atoms with Crippen molar-refractivity contribution in [1.82, 2.24) is 25.3 Å². The number of nitrogens with zero attached hydrogens (tertiary/aromatic N) is 3. The van der Waals surface area contributed by atoms with Gasteiger partial charge in [0.25, 0.3) is 0 Å². The molecule has 0 aromatic rings. The molecule has 11 heteroatoms. The predicted octanol–water partition coefficient (Wildman–Crippen LogP) is 14.9. The lowest BCUT2D eigenvalue weighted by atomic mass is 9.89. The van der Waals surface area contributed by atoms with Crippen LogP contribution in [0.15, 0.2) is 48.6 Å². The number of rotatable bonds is 54. The van der Waals surface area contributed by atoms with Crippen LogP contribution in [0.25, 0.3) is 0 Å². The van der Waals surface area contributed by atoms with Gasteiger partial charge in [0.15, 0.2) is 0 Å². The van der Waals surface area contributed by atoms with Crippen molar-refractivity contribution in [3.63, 3.8) is 0 Å². The minimum Gasteiger partial charge on any atom is -0.383 e. The van der Waals surface area contributed by atoms with Gasteiger partial charge < -0.3 is 34.8 Å². The van der Waals surface area contributed by atoms with Gasteiger partial charge in [0.05, 0.1) is 13.2 Å². The molecule has 0 spiro atoms. The van der Waals surface area contributed by atoms with E-state index >= 15 is 0 Å². The third-order valence-corrected chi connectivity index (χ3v) is 15.0. The molecule has 0 heterocycles. The van der Waals surface area contributed by atoms with Gasteiger partial charge in [0, 0.05) is 66.3 Å². The number of ether oxygens (including phenoxy) is 2. The minimum absolute atomic E-state index is 0.0352. The molecule has 76 heavy (non-hydrogen) atoms. The highest BCUT2D eigenvalue weighted by Gasteiger charge is 2.36. The third kappa shape index (κ3) is 38.3. The average molecular weight is 1070 g/mol. The molecule has 0 aliphatic rings. The van der Waals surface area contributed by atoms with Crippen LogP contribution in [0.2, 0.25) is 0 Å². The summed E-state index contributed by atoms with van der Waals surface area (Å²) in [6.07, 6.45) is 51.4. The van der Waals surface area contributed by atoms with E-state index in [2.05, 4.69) is 106 Å². The van der Waals surface area contributed by atoms with Gasteiger partial charge >= 0.3 is 0 Å². The van der Waals surface area contributed by atoms with Gasteiger partial charge in [0.1, 0.15) is 12.1 Å². The molecule has 0 aliphatic heterocycles. The fraction of sp³-hybridized carbons (Fsp3) is 0.815. The molecule has 0 rings (SSSR count). The first kappa shape index (κ1) is 72.7. The van der Waals surface area contributed by atoms with E-state index in [1.165, 1.54) is 64.2 Å². The molecular formula is C65H121N5O6. The Balaban J connectivity index is 5.46. The summed E-state index contributed by atoms with van der Waals surface area (Å²) in [5, 5.41) is 6.44. The lowest BCUT2D eigenvalue weighted by Crippen LogP contribution is -2.55. The van der Waals surface area contributed by atoms with Gasteiger partial charge in [-0.15, -0.1) is 0 Å². The minimum atomic E-state index is -0.559. The van der Waals surface area contributed by atoms with E-state index in [9.17, 15) is 19.2 Å². The van der Waals surface area contributed by atoms with Gasteiger partial charge in [-0.3, -0.25) is 19.2 Å². The topological polar surface area (TPSA) is 121 Å². The Morgan fingerprint density at radius 2 is 0.750 bits per heavy atom. The zero-order chi connectivity index (χ0) is 56.1. The maximum absolute atomic E-state index is 14.3. The van der Waals surface area contributed by atoms with Crippen LogP contribution in [0.3, 0.4) is 0 Å². The number of likely N-dealkylation sites (N-methyl/N-ethyl adjacent to an activating group) is 1. The van der Waals surface area contributed by atoms with Crippen LogP contribution in [-0.2, 0) is 28.7 Å². The van der Waals surface area contributed by atoms with Gasteiger partial charge in [-0.25, -0.2) is 0 Å². The number of allylic oxidation sites excluding steroid dienone is 8. The largest absolute Gasteiger partial charge is 0.383 e. The Morgan fingerprint density at radius 3 is 1.08 bits per heavy atom. The Morgan fingerprint density at radius 1 is 0.421 bits per heavy atom. The Bertz CT molecular complexity index is 1390. The first-order valence-corrected chi connectivity index (χ1v) is 31.5. The number of nitrogens with one attached hydrogen (secondary N) is 2. The van der Waals surface area contributed by atoms with Gasteiger partial charge in [-0.05, 0) is 109 Å². The average Bonchev–Trinajstić information content (AvgIpc) is 3.42. The van der Waals surface area contributed by atoms with E-state index in [1.54, 1.807) is 14.2 Å². The van der Waals surface area contributed by atoms with Crippen LogP contribution in [0.4, 0.5) is 0 Å². The van der Waals surface area contributed by atoms with Crippen molar-refractivity contribution < 1.29 is 28.7 Å². The molecule has 0 saturated carbocycles. The SMILES string of the molecule is CCCCC/C=C\C/C=C\CCCCCCCC(=O)N(CCOC)C(C(=O)NCCN(C)CCNC(=O)C(C(CC)CCCC)N(CCOC)C(=O)CCCCCCC/C=C\C/C=C\CCCCC)C(CC)CCCC. The molecule has 0 aromatic heterocycles. The molecule has 4 unspecified atom stereocenters. The molecule has 0 saturated heterocycles. The quantitative estimate of drug-likeness (QED) is 0.0460. The van der Waals surface area contributed by atoms with Crippen LogP contribution in [0, 0.1) is 11.8 Å². The predicted molar refractivity (Wildman–Crippen MR) is 324 cm³/mol. The molecule has 0 bridgehead atoms. The summed E-state index contributed by atoms with van der Waals surface area (Å²) in [6.45, 7) is 16.6. The van der Waals surface area contributed by atoms with E-state index in [0.717, 1.165) is 128 Å². The molecule has 4 amide bonds. The lowest BCUT2D eigenvalue weighted by molar-refractivity contribution is -0.143. The van der Waals surface area contributed by atoms with Crippen LogP contribution < -0.4 is 10.6 Å². The van der Waals surface area contributed by atoms with Crippen molar-refractivity contribution in [1.29, 1.82) is 0 Å². The molecule has 0 fully saturated rings. The number of carbonyl (C=O) groups is 4. The van der Waals surface area contributed by atoms with Crippen LogP contribution in [0.1, 0.15) is 247 Å². The summed E-state index contributed by atoms with van der Waals surface area (Å²) in [5.74, 6) is -0.0381. The van der Waals surface area contributed by atoms with Crippen molar-refractivity contribution >= 4 is 23.6 Å². The number of hydrogen-bond acceptors (Lipinski definition) is 7. The van der Waals surface area contributed by atoms with Crippen LogP contribution in [0.5, 0.6) is 0 Å². The number of methoxy groups -OCH3 is 2. The third-order valence-electron chi connectivity index (χ3n) is 15.0. The first-order chi connectivity index (χ1) is 37.1. The van der Waals surface area contributed by atoms with Crippen molar-refractivity contribution in [2.45, 2.75) is 259 Å². The van der Waals surface area contributed by atoms with E-state index < -0.39 is 12.1 Å². The second kappa shape index (κ2) is 53.7. The molecule has 0 radical (unpaired) electrons. The summed E-state index contributed by atoms with van der Waals surface area (Å²) < 4.78 is 11.0. The second-order valence-corrected chi connectivity index (χ2v) is 21.5. The molecule has 2 N–H and O–H groups in total. The zero-order valence-electron chi connectivity index (χ0n) is 51.0. The van der Waals surface area contributed by atoms with E-state index in [4.69, 9.17) is 9.47 Å². The highest BCUT2D eigenvalue weighted by atomic mass is 16.5. The van der Waals surface area contributed by atoms with Crippen molar-refractivity contribution in [2.75, 3.05) is 73.7 Å². The molecule has 0 aliphatic carbocycles. The maximum atomic E-state index is 14.3. The summed E-state index contributed by atoms with van der Waals surface area (Å²) in [6, 6.07) is -1.12. The summed E-state index contributed by atoms with van der Waals surface area (Å²) in [4.78, 5) is 62.4. The summed E-state index contributed by atoms with van der Waals surface area (Å²) in [7, 11) is 5.30. The normalized spacial score (nSPS) is 13.6. The van der Waals surface area contributed by atoms with Gasteiger partial charge in [0.2, 0.25) is 23.6 Å². The Labute approximate surface area is 469 Å². The van der Waals surface area contributed by atoms with E-state index in [1.807, 2.05) is 16.8 Å². The van der Waals surface area contributed by atoms with E-state index in [0.29, 0.717) is 65.3 Å².